The zero-order valence-corrected chi connectivity index (χ0v) is 13.2. The maximum atomic E-state index is 4.11. The molecule has 0 saturated carbocycles. The van der Waals surface area contributed by atoms with E-state index in [-0.39, 0.29) is 6.04 Å². The third-order valence-electron chi connectivity index (χ3n) is 2.91. The lowest BCUT2D eigenvalue weighted by atomic mass is 10.2. The van der Waals surface area contributed by atoms with E-state index in [9.17, 15) is 0 Å². The summed E-state index contributed by atoms with van der Waals surface area (Å²) in [4.78, 5) is 2.90. The fraction of sp³-hybridized carbons (Fsp3) is 0.143. The Labute approximate surface area is 129 Å². The molecule has 1 N–H and O–H groups in total. The number of benzene rings is 1. The van der Waals surface area contributed by atoms with Crippen LogP contribution in [0.2, 0.25) is 0 Å². The third-order valence-corrected chi connectivity index (χ3v) is 4.79. The molecule has 0 saturated heterocycles. The van der Waals surface area contributed by atoms with Crippen molar-refractivity contribution in [2.75, 3.05) is 5.32 Å². The van der Waals surface area contributed by atoms with E-state index >= 15 is 0 Å². The summed E-state index contributed by atoms with van der Waals surface area (Å²) < 4.78 is 1.13. The molecule has 0 spiro atoms. The van der Waals surface area contributed by atoms with Gasteiger partial charge in [0.15, 0.2) is 0 Å². The summed E-state index contributed by atoms with van der Waals surface area (Å²) in [6.07, 6.45) is 3.34. The molecule has 0 radical (unpaired) electrons. The van der Waals surface area contributed by atoms with Gasteiger partial charge in [-0.15, -0.1) is 11.3 Å². The molecule has 3 rings (SSSR count). The highest BCUT2D eigenvalue weighted by molar-refractivity contribution is 9.10. The van der Waals surface area contributed by atoms with Gasteiger partial charge in [0, 0.05) is 20.4 Å². The largest absolute Gasteiger partial charge is 0.378 e. The van der Waals surface area contributed by atoms with Crippen molar-refractivity contribution in [2.24, 2.45) is 0 Å². The molecule has 6 heteroatoms. The van der Waals surface area contributed by atoms with Crippen LogP contribution in [0.25, 0.3) is 5.69 Å². The van der Waals surface area contributed by atoms with E-state index in [1.807, 2.05) is 24.3 Å². The molecule has 0 aliphatic heterocycles. The first-order chi connectivity index (χ1) is 9.72. The molecular weight excluding hydrogens is 336 g/mol. The van der Waals surface area contributed by atoms with Crippen LogP contribution in [0.3, 0.4) is 0 Å². The molecule has 1 aromatic carbocycles. The van der Waals surface area contributed by atoms with Gasteiger partial charge < -0.3 is 5.32 Å². The average Bonchev–Trinajstić information content (AvgIpc) is 3.10. The van der Waals surface area contributed by atoms with Crippen molar-refractivity contribution in [3.05, 3.63) is 57.5 Å². The molecule has 102 valence electrons. The SMILES string of the molecule is CC(Nc1ccc(-n2nccn2)cc1)c1cc(Br)cs1. The molecule has 4 nitrogen and oxygen atoms in total. The quantitative estimate of drug-likeness (QED) is 0.765. The number of rotatable bonds is 4. The predicted molar refractivity (Wildman–Crippen MR) is 85.4 cm³/mol. The van der Waals surface area contributed by atoms with Crippen molar-refractivity contribution in [3.63, 3.8) is 0 Å². The lowest BCUT2D eigenvalue weighted by molar-refractivity contribution is 0.752. The summed E-state index contributed by atoms with van der Waals surface area (Å²) >= 11 is 5.23. The second kappa shape index (κ2) is 5.76. The van der Waals surface area contributed by atoms with E-state index in [2.05, 4.69) is 49.8 Å². The van der Waals surface area contributed by atoms with Gasteiger partial charge in [-0.05, 0) is 53.2 Å². The van der Waals surface area contributed by atoms with Crippen LogP contribution >= 0.6 is 27.3 Å². The van der Waals surface area contributed by atoms with E-state index in [0.29, 0.717) is 0 Å². The van der Waals surface area contributed by atoms with Gasteiger partial charge in [-0.1, -0.05) is 0 Å². The van der Waals surface area contributed by atoms with E-state index in [1.54, 1.807) is 28.5 Å². The summed E-state index contributed by atoms with van der Waals surface area (Å²) in [7, 11) is 0. The Hall–Kier alpha value is -1.66. The van der Waals surface area contributed by atoms with Gasteiger partial charge in [-0.2, -0.15) is 15.0 Å². The predicted octanol–water partition coefficient (Wildman–Crippen LogP) is 4.26. The lowest BCUT2D eigenvalue weighted by Crippen LogP contribution is -2.05. The molecule has 0 bridgehead atoms. The summed E-state index contributed by atoms with van der Waals surface area (Å²) in [5, 5.41) is 13.8. The first-order valence-corrected chi connectivity index (χ1v) is 7.87. The molecular formula is C14H13BrN4S. The van der Waals surface area contributed by atoms with Crippen molar-refractivity contribution >= 4 is 33.0 Å². The number of nitrogens with zero attached hydrogens (tertiary/aromatic N) is 3. The summed E-state index contributed by atoms with van der Waals surface area (Å²) in [5.41, 5.74) is 2.03. The fourth-order valence-electron chi connectivity index (χ4n) is 1.92. The monoisotopic (exact) mass is 348 g/mol. The molecule has 0 amide bonds. The molecule has 2 aromatic heterocycles. The van der Waals surface area contributed by atoms with E-state index < -0.39 is 0 Å². The third kappa shape index (κ3) is 2.91. The van der Waals surface area contributed by atoms with Gasteiger partial charge in [0.1, 0.15) is 0 Å². The van der Waals surface area contributed by atoms with Crippen molar-refractivity contribution in [2.45, 2.75) is 13.0 Å². The number of halogens is 1. The Balaban J connectivity index is 1.72. The summed E-state index contributed by atoms with van der Waals surface area (Å²) in [6.45, 7) is 2.15. The van der Waals surface area contributed by atoms with Gasteiger partial charge in [-0.25, -0.2) is 0 Å². The van der Waals surface area contributed by atoms with Crippen LogP contribution in [-0.2, 0) is 0 Å². The minimum atomic E-state index is 0.278. The first-order valence-electron chi connectivity index (χ1n) is 6.19. The molecule has 2 heterocycles. The normalized spacial score (nSPS) is 12.3. The van der Waals surface area contributed by atoms with Crippen molar-refractivity contribution in [1.82, 2.24) is 15.0 Å². The highest BCUT2D eigenvalue weighted by Crippen LogP contribution is 2.28. The standard InChI is InChI=1S/C14H13BrN4S/c1-10(14-8-11(15)9-20-14)18-12-2-4-13(5-3-12)19-16-6-7-17-19/h2-10,18H,1H3. The molecule has 0 fully saturated rings. The molecule has 3 aromatic rings. The fourth-order valence-corrected chi connectivity index (χ4v) is 3.37. The van der Waals surface area contributed by atoms with E-state index in [4.69, 9.17) is 0 Å². The van der Waals surface area contributed by atoms with Crippen LogP contribution in [0.5, 0.6) is 0 Å². The minimum Gasteiger partial charge on any atom is -0.378 e. The number of hydrogen-bond acceptors (Lipinski definition) is 4. The number of hydrogen-bond donors (Lipinski definition) is 1. The second-order valence-electron chi connectivity index (χ2n) is 4.40. The minimum absolute atomic E-state index is 0.278. The van der Waals surface area contributed by atoms with Crippen LogP contribution in [0, 0.1) is 0 Å². The van der Waals surface area contributed by atoms with Crippen LogP contribution < -0.4 is 5.32 Å². The molecule has 1 unspecified atom stereocenters. The Morgan fingerprint density at radius 1 is 1.20 bits per heavy atom. The molecule has 0 aliphatic carbocycles. The van der Waals surface area contributed by atoms with Gasteiger partial charge in [0.2, 0.25) is 0 Å². The summed E-state index contributed by atoms with van der Waals surface area (Å²) in [6, 6.07) is 10.5. The number of aromatic nitrogens is 3. The first kappa shape index (κ1) is 13.3. The van der Waals surface area contributed by atoms with Gasteiger partial charge >= 0.3 is 0 Å². The van der Waals surface area contributed by atoms with Crippen molar-refractivity contribution < 1.29 is 0 Å². The summed E-state index contributed by atoms with van der Waals surface area (Å²) in [5.74, 6) is 0. The molecule has 20 heavy (non-hydrogen) atoms. The molecule has 0 aliphatic rings. The lowest BCUT2D eigenvalue weighted by Gasteiger charge is -2.13. The molecule has 1 atom stereocenters. The zero-order valence-electron chi connectivity index (χ0n) is 10.8. The Morgan fingerprint density at radius 2 is 1.90 bits per heavy atom. The van der Waals surface area contributed by atoms with Gasteiger partial charge in [-0.3, -0.25) is 0 Å². The van der Waals surface area contributed by atoms with Gasteiger partial charge in [0.05, 0.1) is 24.1 Å². The Bertz CT molecular complexity index is 676. The number of thiophene rings is 1. The van der Waals surface area contributed by atoms with Crippen molar-refractivity contribution in [3.8, 4) is 5.69 Å². The van der Waals surface area contributed by atoms with Crippen LogP contribution in [0.4, 0.5) is 5.69 Å². The topological polar surface area (TPSA) is 42.7 Å². The van der Waals surface area contributed by atoms with E-state index in [1.165, 1.54) is 4.88 Å². The number of nitrogens with one attached hydrogen (secondary N) is 1. The van der Waals surface area contributed by atoms with Crippen LogP contribution in [0.1, 0.15) is 17.8 Å². The van der Waals surface area contributed by atoms with Crippen molar-refractivity contribution in [1.29, 1.82) is 0 Å². The average molecular weight is 349 g/mol. The smallest absolute Gasteiger partial charge is 0.0858 e. The maximum Gasteiger partial charge on any atom is 0.0858 e. The van der Waals surface area contributed by atoms with Crippen LogP contribution in [-0.4, -0.2) is 15.0 Å². The Kier molecular flexibility index (Phi) is 3.84. The highest BCUT2D eigenvalue weighted by atomic mass is 79.9. The van der Waals surface area contributed by atoms with Gasteiger partial charge in [0.25, 0.3) is 0 Å². The van der Waals surface area contributed by atoms with Crippen LogP contribution in [0.15, 0.2) is 52.6 Å². The zero-order chi connectivity index (χ0) is 13.9. The van der Waals surface area contributed by atoms with E-state index in [0.717, 1.165) is 15.8 Å². The highest BCUT2D eigenvalue weighted by Gasteiger charge is 2.08. The second-order valence-corrected chi connectivity index (χ2v) is 6.26. The maximum absolute atomic E-state index is 4.11. The Morgan fingerprint density at radius 3 is 2.50 bits per heavy atom. The number of anilines is 1.